The zero-order valence-corrected chi connectivity index (χ0v) is 14.6. The summed E-state index contributed by atoms with van der Waals surface area (Å²) in [6.07, 6.45) is 3.47. The van der Waals surface area contributed by atoms with Crippen LogP contribution in [0.5, 0.6) is 0 Å². The second kappa shape index (κ2) is 6.60. The molecule has 0 saturated carbocycles. The first-order valence-corrected chi connectivity index (χ1v) is 8.93. The molecule has 0 N–H and O–H groups in total. The van der Waals surface area contributed by atoms with E-state index in [-0.39, 0.29) is 0 Å². The summed E-state index contributed by atoms with van der Waals surface area (Å²) in [5.74, 6) is 0. The van der Waals surface area contributed by atoms with Crippen molar-refractivity contribution in [3.63, 3.8) is 0 Å². The molecule has 4 rings (SSSR count). The molecular weight excluding hydrogens is 350 g/mol. The molecule has 2 aromatic rings. The molecule has 2 aliphatic heterocycles. The highest BCUT2D eigenvalue weighted by Crippen LogP contribution is 2.33. The van der Waals surface area contributed by atoms with Gasteiger partial charge >= 0.3 is 0 Å². The number of nitrogens with zero attached hydrogens (tertiary/aromatic N) is 1. The van der Waals surface area contributed by atoms with Gasteiger partial charge in [0.15, 0.2) is 0 Å². The van der Waals surface area contributed by atoms with Gasteiger partial charge in [-0.15, -0.1) is 0 Å². The van der Waals surface area contributed by atoms with Gasteiger partial charge < -0.3 is 4.74 Å². The molecule has 0 radical (unpaired) electrons. The summed E-state index contributed by atoms with van der Waals surface area (Å²) < 4.78 is 6.95. The molecule has 118 valence electrons. The van der Waals surface area contributed by atoms with Gasteiger partial charge in [0.25, 0.3) is 0 Å². The summed E-state index contributed by atoms with van der Waals surface area (Å²) in [6, 6.07) is 20.3. The number of benzene rings is 2. The Balaban J connectivity index is 1.59. The van der Waals surface area contributed by atoms with Crippen LogP contribution < -0.4 is 0 Å². The molecule has 0 aromatic heterocycles. The fourth-order valence-electron chi connectivity index (χ4n) is 3.58. The van der Waals surface area contributed by atoms with E-state index in [1.165, 1.54) is 16.7 Å². The van der Waals surface area contributed by atoms with Crippen LogP contribution in [0.3, 0.4) is 0 Å². The van der Waals surface area contributed by atoms with Crippen LogP contribution in [0.4, 0.5) is 0 Å². The van der Waals surface area contributed by atoms with E-state index in [0.717, 1.165) is 30.7 Å². The molecule has 0 amide bonds. The lowest BCUT2D eigenvalue weighted by atomic mass is 9.89. The lowest BCUT2D eigenvalue weighted by molar-refractivity contribution is -0.0402. The Labute approximate surface area is 145 Å². The van der Waals surface area contributed by atoms with Gasteiger partial charge in [-0.3, -0.25) is 4.90 Å². The lowest BCUT2D eigenvalue weighted by Crippen LogP contribution is -2.53. The van der Waals surface area contributed by atoms with Crippen molar-refractivity contribution >= 4 is 21.5 Å². The minimum Gasteiger partial charge on any atom is -0.378 e. The predicted molar refractivity (Wildman–Crippen MR) is 97.1 cm³/mol. The second-order valence-electron chi connectivity index (χ2n) is 6.32. The number of hydrogen-bond acceptors (Lipinski definition) is 2. The Morgan fingerprint density at radius 3 is 2.52 bits per heavy atom. The van der Waals surface area contributed by atoms with Crippen molar-refractivity contribution in [3.05, 3.63) is 76.3 Å². The van der Waals surface area contributed by atoms with Crippen molar-refractivity contribution in [2.75, 3.05) is 13.2 Å². The summed E-state index contributed by atoms with van der Waals surface area (Å²) in [5, 5.41) is 0. The van der Waals surface area contributed by atoms with E-state index in [9.17, 15) is 0 Å². The fraction of sp³-hybridized carbons (Fsp3) is 0.300. The molecule has 1 fully saturated rings. The smallest absolute Gasteiger partial charge is 0.0658 e. The van der Waals surface area contributed by atoms with E-state index in [1.54, 1.807) is 0 Å². The SMILES string of the molecule is Brc1ccc(C2=CC3COCC(C2)N3Cc2ccccc2)cc1. The van der Waals surface area contributed by atoms with Crippen LogP contribution in [0.1, 0.15) is 17.5 Å². The van der Waals surface area contributed by atoms with Gasteiger partial charge in [0, 0.05) is 17.1 Å². The van der Waals surface area contributed by atoms with Crippen molar-refractivity contribution in [2.24, 2.45) is 0 Å². The van der Waals surface area contributed by atoms with Crippen LogP contribution in [-0.4, -0.2) is 30.2 Å². The Hall–Kier alpha value is -1.42. The van der Waals surface area contributed by atoms with Crippen molar-refractivity contribution in [1.82, 2.24) is 4.90 Å². The Morgan fingerprint density at radius 1 is 1.00 bits per heavy atom. The number of fused-ring (bicyclic) bond motifs is 2. The monoisotopic (exact) mass is 369 g/mol. The third kappa shape index (κ3) is 3.27. The maximum Gasteiger partial charge on any atom is 0.0658 e. The topological polar surface area (TPSA) is 12.5 Å². The molecule has 2 aromatic carbocycles. The van der Waals surface area contributed by atoms with Gasteiger partial charge in [-0.25, -0.2) is 0 Å². The van der Waals surface area contributed by atoms with Crippen LogP contribution in [-0.2, 0) is 11.3 Å². The largest absolute Gasteiger partial charge is 0.378 e. The number of hydrogen-bond donors (Lipinski definition) is 0. The molecule has 2 nitrogen and oxygen atoms in total. The van der Waals surface area contributed by atoms with E-state index in [1.807, 2.05) is 0 Å². The molecule has 23 heavy (non-hydrogen) atoms. The normalized spacial score (nSPS) is 24.3. The van der Waals surface area contributed by atoms with E-state index < -0.39 is 0 Å². The van der Waals surface area contributed by atoms with Crippen LogP contribution in [0.25, 0.3) is 5.57 Å². The maximum absolute atomic E-state index is 5.81. The van der Waals surface area contributed by atoms with Gasteiger partial charge in [-0.2, -0.15) is 0 Å². The number of halogens is 1. The molecule has 0 aliphatic carbocycles. The van der Waals surface area contributed by atoms with Crippen LogP contribution >= 0.6 is 15.9 Å². The van der Waals surface area contributed by atoms with Crippen molar-refractivity contribution < 1.29 is 4.74 Å². The van der Waals surface area contributed by atoms with E-state index in [2.05, 4.69) is 81.5 Å². The third-order valence-corrected chi connectivity index (χ3v) is 5.29. The standard InChI is InChI=1S/C20H20BrNO/c21-18-8-6-16(7-9-18)17-10-19-13-23-14-20(11-17)22(19)12-15-4-2-1-3-5-15/h1-10,19-20H,11-14H2. The Morgan fingerprint density at radius 2 is 1.78 bits per heavy atom. The maximum atomic E-state index is 5.81. The first-order valence-electron chi connectivity index (χ1n) is 8.13. The highest BCUT2D eigenvalue weighted by Gasteiger charge is 2.34. The highest BCUT2D eigenvalue weighted by molar-refractivity contribution is 9.10. The van der Waals surface area contributed by atoms with Gasteiger partial charge in [0.05, 0.1) is 19.3 Å². The number of rotatable bonds is 3. The van der Waals surface area contributed by atoms with Crippen molar-refractivity contribution in [3.8, 4) is 0 Å². The number of morpholine rings is 1. The first kappa shape index (κ1) is 15.1. The Bertz CT molecular complexity index is 695. The lowest BCUT2D eigenvalue weighted by Gasteiger charge is -2.44. The van der Waals surface area contributed by atoms with E-state index >= 15 is 0 Å². The molecule has 3 heteroatoms. The summed E-state index contributed by atoms with van der Waals surface area (Å²) >= 11 is 3.52. The number of ether oxygens (including phenoxy) is 1. The first-order chi connectivity index (χ1) is 11.3. The molecule has 1 saturated heterocycles. The minimum absolute atomic E-state index is 0.376. The zero-order chi connectivity index (χ0) is 15.6. The summed E-state index contributed by atoms with van der Waals surface area (Å²) in [6.45, 7) is 2.63. The molecule has 2 heterocycles. The predicted octanol–water partition coefficient (Wildman–Crippen LogP) is 4.51. The molecule has 2 aliphatic rings. The van der Waals surface area contributed by atoms with E-state index in [0.29, 0.717) is 12.1 Å². The minimum atomic E-state index is 0.376. The fourth-order valence-corrected chi connectivity index (χ4v) is 3.84. The average molecular weight is 370 g/mol. The molecule has 0 spiro atoms. The van der Waals surface area contributed by atoms with Crippen LogP contribution in [0.15, 0.2) is 65.1 Å². The Kier molecular flexibility index (Phi) is 4.34. The zero-order valence-electron chi connectivity index (χ0n) is 13.0. The molecule has 2 atom stereocenters. The molecule has 2 bridgehead atoms. The second-order valence-corrected chi connectivity index (χ2v) is 7.24. The quantitative estimate of drug-likeness (QED) is 0.789. The van der Waals surface area contributed by atoms with Crippen molar-refractivity contribution in [2.45, 2.75) is 25.0 Å². The van der Waals surface area contributed by atoms with Crippen molar-refractivity contribution in [1.29, 1.82) is 0 Å². The van der Waals surface area contributed by atoms with Gasteiger partial charge in [0.2, 0.25) is 0 Å². The van der Waals surface area contributed by atoms with Gasteiger partial charge in [-0.05, 0) is 35.3 Å². The van der Waals surface area contributed by atoms with Gasteiger partial charge in [-0.1, -0.05) is 64.5 Å². The molecular formula is C20H20BrNO. The van der Waals surface area contributed by atoms with Gasteiger partial charge in [0.1, 0.15) is 0 Å². The highest BCUT2D eigenvalue weighted by atomic mass is 79.9. The third-order valence-electron chi connectivity index (χ3n) is 4.77. The summed E-state index contributed by atoms with van der Waals surface area (Å²) in [7, 11) is 0. The summed E-state index contributed by atoms with van der Waals surface area (Å²) in [5.41, 5.74) is 4.18. The molecule has 2 unspecified atom stereocenters. The van der Waals surface area contributed by atoms with Crippen LogP contribution in [0, 0.1) is 0 Å². The van der Waals surface area contributed by atoms with E-state index in [4.69, 9.17) is 4.74 Å². The average Bonchev–Trinajstić information content (AvgIpc) is 2.56. The summed E-state index contributed by atoms with van der Waals surface area (Å²) in [4.78, 5) is 2.60. The van der Waals surface area contributed by atoms with Crippen LogP contribution in [0.2, 0.25) is 0 Å².